The van der Waals surface area contributed by atoms with Gasteiger partial charge in [0.25, 0.3) is 11.6 Å². The normalized spacial score (nSPS) is 17.9. The largest absolute Gasteiger partial charge is 0.462 e. The second kappa shape index (κ2) is 8.52. The monoisotopic (exact) mass is 446 g/mol. The Morgan fingerprint density at radius 3 is 2.55 bits per heavy atom. The predicted octanol–water partition coefficient (Wildman–Crippen LogP) is 2.24. The lowest BCUT2D eigenvalue weighted by atomic mass is 9.92. The number of esters is 1. The number of nitrogens with zero attached hydrogens (tertiary/aromatic N) is 2. The highest BCUT2D eigenvalue weighted by Crippen LogP contribution is 2.30. The van der Waals surface area contributed by atoms with Gasteiger partial charge in [-0.15, -0.1) is 11.3 Å². The molecule has 11 nitrogen and oxygen atoms in total. The molecule has 1 unspecified atom stereocenters. The highest BCUT2D eigenvalue weighted by Gasteiger charge is 2.49. The number of anilines is 1. The Labute approximate surface area is 180 Å². The van der Waals surface area contributed by atoms with E-state index in [1.54, 1.807) is 12.3 Å². The average Bonchev–Trinajstić information content (AvgIpc) is 3.27. The molecule has 1 aliphatic heterocycles. The number of hydrogen-bond acceptors (Lipinski definition) is 8. The number of non-ortho nitro benzene ring substituents is 1. The Kier molecular flexibility index (Phi) is 6.02. The van der Waals surface area contributed by atoms with E-state index in [9.17, 15) is 29.3 Å². The van der Waals surface area contributed by atoms with Crippen molar-refractivity contribution in [3.05, 3.63) is 57.0 Å². The summed E-state index contributed by atoms with van der Waals surface area (Å²) in [6, 6.07) is 5.91. The van der Waals surface area contributed by atoms with E-state index in [1.165, 1.54) is 37.3 Å². The number of benzene rings is 1. The zero-order chi connectivity index (χ0) is 22.8. The van der Waals surface area contributed by atoms with Crippen LogP contribution in [0.3, 0.4) is 0 Å². The van der Waals surface area contributed by atoms with Crippen LogP contribution in [-0.2, 0) is 19.9 Å². The fourth-order valence-electron chi connectivity index (χ4n) is 3.04. The topological polar surface area (TPSA) is 148 Å². The van der Waals surface area contributed by atoms with Gasteiger partial charge in [0.15, 0.2) is 0 Å². The minimum absolute atomic E-state index is 0.159. The van der Waals surface area contributed by atoms with E-state index < -0.39 is 40.8 Å². The molecular formula is C19H18N4O7S. The molecule has 0 radical (unpaired) electrons. The fraction of sp³-hybridized carbons (Fsp3) is 0.263. The maximum atomic E-state index is 12.9. The molecule has 1 aromatic carbocycles. The molecule has 1 atom stereocenters. The van der Waals surface area contributed by atoms with E-state index in [1.807, 2.05) is 0 Å². The summed E-state index contributed by atoms with van der Waals surface area (Å²) in [5.74, 6) is -1.96. The highest BCUT2D eigenvalue weighted by molar-refractivity contribution is 7.14. The molecule has 2 N–H and O–H groups in total. The first-order valence-corrected chi connectivity index (χ1v) is 9.99. The molecule has 4 amide bonds. The quantitative estimate of drug-likeness (QED) is 0.287. The van der Waals surface area contributed by atoms with Gasteiger partial charge in [-0.2, -0.15) is 0 Å². The van der Waals surface area contributed by atoms with Gasteiger partial charge in [0.2, 0.25) is 5.91 Å². The molecule has 3 rings (SSSR count). The van der Waals surface area contributed by atoms with Crippen molar-refractivity contribution in [3.8, 4) is 0 Å². The number of rotatable bonds is 7. The second-order valence-corrected chi connectivity index (χ2v) is 7.60. The molecule has 31 heavy (non-hydrogen) atoms. The number of urea groups is 1. The van der Waals surface area contributed by atoms with Gasteiger partial charge >= 0.3 is 12.0 Å². The van der Waals surface area contributed by atoms with E-state index in [-0.39, 0.29) is 22.9 Å². The van der Waals surface area contributed by atoms with Crippen molar-refractivity contribution >= 4 is 45.8 Å². The van der Waals surface area contributed by atoms with Crippen molar-refractivity contribution in [1.82, 2.24) is 10.2 Å². The first-order valence-electron chi connectivity index (χ1n) is 9.11. The molecular weight excluding hydrogens is 428 g/mol. The SMILES string of the molecule is CCOC(=O)c1ccsc1NC(=O)CN1C(=O)NC(C)(c2ccc([N+](=O)[O-])cc2)C1=O. The summed E-state index contributed by atoms with van der Waals surface area (Å²) in [5.41, 5.74) is -1.13. The predicted molar refractivity (Wildman–Crippen MR) is 110 cm³/mol. The minimum atomic E-state index is -1.48. The summed E-state index contributed by atoms with van der Waals surface area (Å²) in [4.78, 5) is 60.7. The lowest BCUT2D eigenvalue weighted by molar-refractivity contribution is -0.384. The van der Waals surface area contributed by atoms with Gasteiger partial charge in [0, 0.05) is 12.1 Å². The number of hydrogen-bond donors (Lipinski definition) is 2. The molecule has 0 bridgehead atoms. The van der Waals surface area contributed by atoms with Crippen molar-refractivity contribution in [2.75, 3.05) is 18.5 Å². The standard InChI is InChI=1S/C19H18N4O7S/c1-3-30-16(25)13-8-9-31-15(13)20-14(24)10-22-17(26)19(2,21-18(22)27)11-4-6-12(7-5-11)23(28)29/h4-9H,3,10H2,1-2H3,(H,20,24)(H,21,27). The van der Waals surface area contributed by atoms with Crippen molar-refractivity contribution in [1.29, 1.82) is 0 Å². The lowest BCUT2D eigenvalue weighted by Gasteiger charge is -2.22. The third-order valence-electron chi connectivity index (χ3n) is 4.65. The lowest BCUT2D eigenvalue weighted by Crippen LogP contribution is -2.42. The summed E-state index contributed by atoms with van der Waals surface area (Å²) >= 11 is 1.10. The number of imide groups is 1. The molecule has 1 fully saturated rings. The van der Waals surface area contributed by atoms with Crippen LogP contribution >= 0.6 is 11.3 Å². The maximum absolute atomic E-state index is 12.9. The van der Waals surface area contributed by atoms with Gasteiger partial charge in [-0.25, -0.2) is 9.59 Å². The Morgan fingerprint density at radius 1 is 1.26 bits per heavy atom. The molecule has 1 saturated heterocycles. The molecule has 1 aromatic heterocycles. The fourth-order valence-corrected chi connectivity index (χ4v) is 3.83. The van der Waals surface area contributed by atoms with Gasteiger partial charge in [0.1, 0.15) is 17.1 Å². The van der Waals surface area contributed by atoms with Crippen LogP contribution in [0.4, 0.5) is 15.5 Å². The summed E-state index contributed by atoms with van der Waals surface area (Å²) in [7, 11) is 0. The molecule has 1 aliphatic rings. The Bertz CT molecular complexity index is 1070. The summed E-state index contributed by atoms with van der Waals surface area (Å²) in [6.07, 6.45) is 0. The summed E-state index contributed by atoms with van der Waals surface area (Å²) in [6.45, 7) is 2.70. The van der Waals surface area contributed by atoms with Crippen molar-refractivity contribution in [3.63, 3.8) is 0 Å². The molecule has 2 heterocycles. The van der Waals surface area contributed by atoms with Gasteiger partial charge in [-0.3, -0.25) is 24.6 Å². The third-order valence-corrected chi connectivity index (χ3v) is 5.48. The van der Waals surface area contributed by atoms with E-state index >= 15 is 0 Å². The molecule has 0 saturated carbocycles. The number of ether oxygens (including phenoxy) is 1. The van der Waals surface area contributed by atoms with Crippen LogP contribution in [0.25, 0.3) is 0 Å². The molecule has 12 heteroatoms. The molecule has 0 spiro atoms. The number of nitro groups is 1. The van der Waals surface area contributed by atoms with Crippen LogP contribution in [0.2, 0.25) is 0 Å². The van der Waals surface area contributed by atoms with Gasteiger partial charge < -0.3 is 15.4 Å². The molecule has 162 valence electrons. The third kappa shape index (κ3) is 4.23. The van der Waals surface area contributed by atoms with Crippen LogP contribution in [0.5, 0.6) is 0 Å². The van der Waals surface area contributed by atoms with Crippen LogP contribution < -0.4 is 10.6 Å². The average molecular weight is 446 g/mol. The first-order chi connectivity index (χ1) is 14.7. The zero-order valence-corrected chi connectivity index (χ0v) is 17.4. The minimum Gasteiger partial charge on any atom is -0.462 e. The number of amides is 4. The van der Waals surface area contributed by atoms with Crippen molar-refractivity contribution < 1.29 is 28.8 Å². The maximum Gasteiger partial charge on any atom is 0.341 e. The van der Waals surface area contributed by atoms with Crippen LogP contribution in [-0.4, -0.2) is 46.8 Å². The van der Waals surface area contributed by atoms with E-state index in [0.29, 0.717) is 5.56 Å². The zero-order valence-electron chi connectivity index (χ0n) is 16.5. The Balaban J connectivity index is 1.73. The first kappa shape index (κ1) is 21.9. The summed E-state index contributed by atoms with van der Waals surface area (Å²) in [5, 5.41) is 17.7. The Hall–Kier alpha value is -3.80. The summed E-state index contributed by atoms with van der Waals surface area (Å²) < 4.78 is 4.92. The van der Waals surface area contributed by atoms with Crippen LogP contribution in [0, 0.1) is 10.1 Å². The van der Waals surface area contributed by atoms with Crippen molar-refractivity contribution in [2.45, 2.75) is 19.4 Å². The van der Waals surface area contributed by atoms with Crippen LogP contribution in [0.1, 0.15) is 29.8 Å². The van der Waals surface area contributed by atoms with Gasteiger partial charge in [-0.1, -0.05) is 0 Å². The van der Waals surface area contributed by atoms with Gasteiger partial charge in [0.05, 0.1) is 17.1 Å². The van der Waals surface area contributed by atoms with Crippen molar-refractivity contribution in [2.24, 2.45) is 0 Å². The number of nitro benzene ring substituents is 1. The molecule has 2 aromatic rings. The van der Waals surface area contributed by atoms with E-state index in [2.05, 4.69) is 10.6 Å². The number of nitrogens with one attached hydrogen (secondary N) is 2. The number of thiophene rings is 1. The van der Waals surface area contributed by atoms with Gasteiger partial charge in [-0.05, 0) is 43.0 Å². The van der Waals surface area contributed by atoms with E-state index in [4.69, 9.17) is 4.74 Å². The smallest absolute Gasteiger partial charge is 0.341 e. The second-order valence-electron chi connectivity index (χ2n) is 6.68. The van der Waals surface area contributed by atoms with Crippen LogP contribution in [0.15, 0.2) is 35.7 Å². The molecule has 0 aliphatic carbocycles. The number of carbonyl (C=O) groups excluding carboxylic acids is 4. The Morgan fingerprint density at radius 2 is 1.94 bits per heavy atom. The highest BCUT2D eigenvalue weighted by atomic mass is 32.1. The number of carbonyl (C=O) groups is 4. The van der Waals surface area contributed by atoms with E-state index in [0.717, 1.165) is 16.2 Å².